The van der Waals surface area contributed by atoms with E-state index in [1.165, 1.54) is 6.33 Å². The van der Waals surface area contributed by atoms with Crippen LogP contribution in [-0.2, 0) is 0 Å². The Morgan fingerprint density at radius 3 is 2.12 bits per heavy atom. The molecule has 0 aliphatic carbocycles. The van der Waals surface area contributed by atoms with Gasteiger partial charge in [-0.15, -0.1) is 0 Å². The smallest absolute Gasteiger partial charge is 0.135 e. The highest BCUT2D eigenvalue weighted by atomic mass is 15.1. The summed E-state index contributed by atoms with van der Waals surface area (Å²) in [6.07, 6.45) is 1.52. The fraction of sp³-hybridized carbons (Fsp3) is 0.167. The molecule has 0 saturated carbocycles. The van der Waals surface area contributed by atoms with Crippen molar-refractivity contribution in [2.24, 2.45) is 0 Å². The Bertz CT molecular complexity index is 481. The lowest BCUT2D eigenvalue weighted by Gasteiger charge is -2.07. The van der Waals surface area contributed by atoms with Gasteiger partial charge in [-0.1, -0.05) is 0 Å². The van der Waals surface area contributed by atoms with E-state index in [1.54, 1.807) is 0 Å². The number of nitrogens with one attached hydrogen (secondary N) is 3. The first kappa shape index (κ1) is 11.2. The topological polar surface area (TPSA) is 61.9 Å². The summed E-state index contributed by atoms with van der Waals surface area (Å²) in [5, 5.41) is 9.25. The van der Waals surface area contributed by atoms with Crippen LogP contribution in [-0.4, -0.2) is 24.1 Å². The van der Waals surface area contributed by atoms with Crippen LogP contribution in [0.1, 0.15) is 0 Å². The first-order valence-electron chi connectivity index (χ1n) is 5.36. The van der Waals surface area contributed by atoms with Gasteiger partial charge in [0.1, 0.15) is 18.0 Å². The van der Waals surface area contributed by atoms with Gasteiger partial charge in [0.25, 0.3) is 0 Å². The molecule has 2 aromatic rings. The Balaban J connectivity index is 2.13. The molecule has 5 nitrogen and oxygen atoms in total. The van der Waals surface area contributed by atoms with Crippen LogP contribution in [0.15, 0.2) is 36.7 Å². The van der Waals surface area contributed by atoms with Gasteiger partial charge in [0, 0.05) is 31.5 Å². The monoisotopic (exact) mass is 229 g/mol. The van der Waals surface area contributed by atoms with Crippen LogP contribution < -0.4 is 16.0 Å². The summed E-state index contributed by atoms with van der Waals surface area (Å²) in [4.78, 5) is 8.20. The fourth-order valence-electron chi connectivity index (χ4n) is 1.43. The predicted octanol–water partition coefficient (Wildman–Crippen LogP) is 2.30. The van der Waals surface area contributed by atoms with Gasteiger partial charge in [0.05, 0.1) is 0 Å². The van der Waals surface area contributed by atoms with Gasteiger partial charge in [-0.25, -0.2) is 9.97 Å². The van der Waals surface area contributed by atoms with Crippen molar-refractivity contribution in [3.05, 3.63) is 36.7 Å². The Morgan fingerprint density at radius 2 is 1.47 bits per heavy atom. The molecule has 0 amide bonds. The Morgan fingerprint density at radius 1 is 0.824 bits per heavy atom. The van der Waals surface area contributed by atoms with Crippen LogP contribution >= 0.6 is 0 Å². The second kappa shape index (κ2) is 5.16. The van der Waals surface area contributed by atoms with Crippen molar-refractivity contribution >= 4 is 23.0 Å². The maximum atomic E-state index is 4.15. The van der Waals surface area contributed by atoms with Crippen LogP contribution in [0.25, 0.3) is 0 Å². The second-order valence-electron chi connectivity index (χ2n) is 3.49. The van der Waals surface area contributed by atoms with Crippen molar-refractivity contribution in [2.75, 3.05) is 30.0 Å². The summed E-state index contributed by atoms with van der Waals surface area (Å²) in [7, 11) is 3.72. The number of rotatable bonds is 4. The van der Waals surface area contributed by atoms with E-state index < -0.39 is 0 Å². The first-order valence-corrected chi connectivity index (χ1v) is 5.36. The molecule has 0 fully saturated rings. The van der Waals surface area contributed by atoms with E-state index in [1.807, 2.05) is 44.4 Å². The molecule has 0 saturated heterocycles. The predicted molar refractivity (Wildman–Crippen MR) is 70.9 cm³/mol. The van der Waals surface area contributed by atoms with Gasteiger partial charge >= 0.3 is 0 Å². The minimum atomic E-state index is 0.765. The van der Waals surface area contributed by atoms with Crippen LogP contribution in [0, 0.1) is 0 Å². The Kier molecular flexibility index (Phi) is 3.40. The number of benzene rings is 1. The number of aromatic nitrogens is 2. The van der Waals surface area contributed by atoms with E-state index in [9.17, 15) is 0 Å². The van der Waals surface area contributed by atoms with Crippen molar-refractivity contribution in [3.8, 4) is 0 Å². The maximum Gasteiger partial charge on any atom is 0.135 e. The molecule has 1 heterocycles. The van der Waals surface area contributed by atoms with Gasteiger partial charge in [-0.3, -0.25) is 0 Å². The molecule has 0 aliphatic rings. The van der Waals surface area contributed by atoms with Gasteiger partial charge in [-0.05, 0) is 24.3 Å². The number of hydrogen-bond acceptors (Lipinski definition) is 5. The second-order valence-corrected chi connectivity index (χ2v) is 3.49. The van der Waals surface area contributed by atoms with E-state index in [4.69, 9.17) is 0 Å². The van der Waals surface area contributed by atoms with Crippen molar-refractivity contribution in [1.29, 1.82) is 0 Å². The van der Waals surface area contributed by atoms with Gasteiger partial charge in [0.15, 0.2) is 0 Å². The molecule has 2 rings (SSSR count). The highest BCUT2D eigenvalue weighted by molar-refractivity contribution is 5.61. The van der Waals surface area contributed by atoms with E-state index in [0.717, 1.165) is 23.0 Å². The zero-order chi connectivity index (χ0) is 12.1. The zero-order valence-electron chi connectivity index (χ0n) is 9.86. The molecule has 5 heteroatoms. The molecule has 0 radical (unpaired) electrons. The number of nitrogens with zero attached hydrogens (tertiary/aromatic N) is 2. The van der Waals surface area contributed by atoms with Gasteiger partial charge in [-0.2, -0.15) is 0 Å². The van der Waals surface area contributed by atoms with Gasteiger partial charge < -0.3 is 16.0 Å². The van der Waals surface area contributed by atoms with E-state index in [2.05, 4.69) is 25.9 Å². The maximum absolute atomic E-state index is 4.15. The summed E-state index contributed by atoms with van der Waals surface area (Å²) in [6.45, 7) is 0. The molecule has 3 N–H and O–H groups in total. The average molecular weight is 229 g/mol. The molecular weight excluding hydrogens is 214 g/mol. The lowest BCUT2D eigenvalue weighted by molar-refractivity contribution is 1.16. The van der Waals surface area contributed by atoms with Crippen molar-refractivity contribution in [3.63, 3.8) is 0 Å². The largest absolute Gasteiger partial charge is 0.388 e. The molecule has 17 heavy (non-hydrogen) atoms. The van der Waals surface area contributed by atoms with Crippen molar-refractivity contribution in [2.45, 2.75) is 0 Å². The molecule has 0 unspecified atom stereocenters. The van der Waals surface area contributed by atoms with Crippen LogP contribution in [0.5, 0.6) is 0 Å². The van der Waals surface area contributed by atoms with E-state index >= 15 is 0 Å². The highest BCUT2D eigenvalue weighted by Crippen LogP contribution is 2.18. The summed E-state index contributed by atoms with van der Waals surface area (Å²) < 4.78 is 0. The van der Waals surface area contributed by atoms with Crippen LogP contribution in [0.4, 0.5) is 23.0 Å². The van der Waals surface area contributed by atoms with E-state index in [-0.39, 0.29) is 0 Å². The van der Waals surface area contributed by atoms with Crippen molar-refractivity contribution < 1.29 is 0 Å². The molecular formula is C12H15N5. The Hall–Kier alpha value is -2.30. The third-order valence-electron chi connectivity index (χ3n) is 2.37. The molecule has 1 aromatic heterocycles. The summed E-state index contributed by atoms with van der Waals surface area (Å²) in [6, 6.07) is 9.84. The van der Waals surface area contributed by atoms with Crippen LogP contribution in [0.2, 0.25) is 0 Å². The van der Waals surface area contributed by atoms with Crippen molar-refractivity contribution in [1.82, 2.24) is 9.97 Å². The quantitative estimate of drug-likeness (QED) is 0.751. The first-order chi connectivity index (χ1) is 8.31. The third-order valence-corrected chi connectivity index (χ3v) is 2.37. The standard InChI is InChI=1S/C12H15N5/c1-13-9-3-5-10(6-4-9)17-12-7-11(14-2)15-8-16-12/h3-8,13H,1-2H3,(H2,14,15,16,17). The fourth-order valence-corrected chi connectivity index (χ4v) is 1.43. The normalized spacial score (nSPS) is 9.76. The number of hydrogen-bond donors (Lipinski definition) is 3. The molecule has 1 aromatic carbocycles. The summed E-state index contributed by atoms with van der Waals surface area (Å²) >= 11 is 0. The lowest BCUT2D eigenvalue weighted by Crippen LogP contribution is -1.98. The summed E-state index contributed by atoms with van der Waals surface area (Å²) in [5.41, 5.74) is 2.07. The molecule has 0 spiro atoms. The Labute approximate surface area is 100 Å². The number of anilines is 4. The molecule has 0 atom stereocenters. The zero-order valence-corrected chi connectivity index (χ0v) is 9.86. The SMILES string of the molecule is CNc1ccc(Nc2cc(NC)ncn2)cc1. The highest BCUT2D eigenvalue weighted by Gasteiger charge is 1.98. The average Bonchev–Trinajstić information content (AvgIpc) is 2.40. The molecule has 0 aliphatic heterocycles. The van der Waals surface area contributed by atoms with E-state index in [0.29, 0.717) is 0 Å². The molecule has 88 valence electrons. The van der Waals surface area contributed by atoms with Gasteiger partial charge in [0.2, 0.25) is 0 Å². The minimum absolute atomic E-state index is 0.765. The third kappa shape index (κ3) is 2.84. The molecule has 0 bridgehead atoms. The lowest BCUT2D eigenvalue weighted by atomic mass is 10.3. The minimum Gasteiger partial charge on any atom is -0.388 e. The van der Waals surface area contributed by atoms with Crippen LogP contribution in [0.3, 0.4) is 0 Å². The summed E-state index contributed by atoms with van der Waals surface area (Å²) in [5.74, 6) is 1.55.